The Morgan fingerprint density at radius 1 is 0.935 bits per heavy atom. The third-order valence-corrected chi connectivity index (χ3v) is 6.66. The van der Waals surface area contributed by atoms with Crippen LogP contribution in [0.2, 0.25) is 0 Å². The molecule has 5 heteroatoms. The molecule has 0 radical (unpaired) electrons. The van der Waals surface area contributed by atoms with Gasteiger partial charge in [-0.05, 0) is 43.6 Å². The standard InChI is InChI=1S/C26H26N4O/c27-26(14-4-15-26)21-11-9-19(10-12-21)23-24(20-5-2-1-3-6-20)30-16-13-22(28-25(30)29-23)31-17-18-7-8-18/h1-3,5-6,9-13,16,18H,4,7-8,14-15,17,27H2. The second-order valence-corrected chi connectivity index (χ2v) is 8.95. The lowest BCUT2D eigenvalue weighted by molar-refractivity contribution is 0.253. The van der Waals surface area contributed by atoms with Gasteiger partial charge >= 0.3 is 0 Å². The normalized spacial score (nSPS) is 17.5. The Balaban J connectivity index is 1.43. The van der Waals surface area contributed by atoms with Crippen LogP contribution in [0.1, 0.15) is 37.7 Å². The summed E-state index contributed by atoms with van der Waals surface area (Å²) in [7, 11) is 0. The minimum atomic E-state index is -0.158. The highest BCUT2D eigenvalue weighted by Gasteiger charge is 2.34. The highest BCUT2D eigenvalue weighted by atomic mass is 16.5. The summed E-state index contributed by atoms with van der Waals surface area (Å²) < 4.78 is 7.95. The van der Waals surface area contributed by atoms with Crippen molar-refractivity contribution >= 4 is 5.78 Å². The maximum absolute atomic E-state index is 6.52. The van der Waals surface area contributed by atoms with Crippen LogP contribution in [-0.2, 0) is 5.54 Å². The highest BCUT2D eigenvalue weighted by molar-refractivity contribution is 5.81. The van der Waals surface area contributed by atoms with Crippen LogP contribution in [0, 0.1) is 5.92 Å². The number of ether oxygens (including phenoxy) is 1. The van der Waals surface area contributed by atoms with Gasteiger partial charge < -0.3 is 10.5 Å². The molecule has 0 bridgehead atoms. The van der Waals surface area contributed by atoms with Gasteiger partial charge in [0.2, 0.25) is 11.7 Å². The van der Waals surface area contributed by atoms with E-state index in [2.05, 4.69) is 52.9 Å². The Labute approximate surface area is 181 Å². The summed E-state index contributed by atoms with van der Waals surface area (Å²) in [5.41, 5.74) is 11.7. The minimum Gasteiger partial charge on any atom is -0.477 e. The van der Waals surface area contributed by atoms with Crippen molar-refractivity contribution in [1.82, 2.24) is 14.4 Å². The Morgan fingerprint density at radius 2 is 1.71 bits per heavy atom. The zero-order chi connectivity index (χ0) is 20.8. The smallest absolute Gasteiger partial charge is 0.238 e. The molecule has 2 fully saturated rings. The van der Waals surface area contributed by atoms with Crippen molar-refractivity contribution in [2.24, 2.45) is 11.7 Å². The molecule has 5 nitrogen and oxygen atoms in total. The molecule has 156 valence electrons. The van der Waals surface area contributed by atoms with Crippen LogP contribution < -0.4 is 10.5 Å². The highest BCUT2D eigenvalue weighted by Crippen LogP contribution is 2.40. The van der Waals surface area contributed by atoms with Crippen molar-refractivity contribution in [2.75, 3.05) is 6.61 Å². The third kappa shape index (κ3) is 3.39. The van der Waals surface area contributed by atoms with Gasteiger partial charge in [-0.25, -0.2) is 4.98 Å². The number of hydrogen-bond acceptors (Lipinski definition) is 4. The van der Waals surface area contributed by atoms with Crippen LogP contribution in [0.5, 0.6) is 5.88 Å². The zero-order valence-electron chi connectivity index (χ0n) is 17.5. The number of imidazole rings is 1. The molecular weight excluding hydrogens is 384 g/mol. The second-order valence-electron chi connectivity index (χ2n) is 8.95. The number of benzene rings is 2. The molecular formula is C26H26N4O. The molecule has 0 spiro atoms. The van der Waals surface area contributed by atoms with Gasteiger partial charge in [-0.1, -0.05) is 54.6 Å². The van der Waals surface area contributed by atoms with Crippen molar-refractivity contribution in [2.45, 2.75) is 37.6 Å². The Bertz CT molecular complexity index is 1220. The van der Waals surface area contributed by atoms with Crippen LogP contribution in [0.3, 0.4) is 0 Å². The van der Waals surface area contributed by atoms with Crippen LogP contribution in [0.4, 0.5) is 0 Å². The average Bonchev–Trinajstić information content (AvgIpc) is 3.55. The fraction of sp³-hybridized carbons (Fsp3) is 0.308. The van der Waals surface area contributed by atoms with Crippen LogP contribution in [0.15, 0.2) is 66.9 Å². The molecule has 2 N–H and O–H groups in total. The summed E-state index contributed by atoms with van der Waals surface area (Å²) in [6, 6.07) is 20.9. The van der Waals surface area contributed by atoms with E-state index in [1.807, 2.05) is 18.3 Å². The first-order valence-corrected chi connectivity index (χ1v) is 11.2. The number of rotatable bonds is 6. The van der Waals surface area contributed by atoms with Gasteiger partial charge in [0.25, 0.3) is 0 Å². The molecule has 4 aromatic rings. The fourth-order valence-corrected chi connectivity index (χ4v) is 4.36. The van der Waals surface area contributed by atoms with Crippen LogP contribution in [0.25, 0.3) is 28.3 Å². The maximum Gasteiger partial charge on any atom is 0.238 e. The molecule has 0 saturated heterocycles. The molecule has 2 aromatic heterocycles. The lowest BCUT2D eigenvalue weighted by atomic mass is 9.72. The van der Waals surface area contributed by atoms with E-state index in [9.17, 15) is 0 Å². The summed E-state index contributed by atoms with van der Waals surface area (Å²) in [4.78, 5) is 9.63. The van der Waals surface area contributed by atoms with Crippen molar-refractivity contribution in [3.8, 4) is 28.4 Å². The van der Waals surface area contributed by atoms with Gasteiger partial charge in [0.15, 0.2) is 0 Å². The van der Waals surface area contributed by atoms with E-state index in [0.29, 0.717) is 17.6 Å². The quantitative estimate of drug-likeness (QED) is 0.475. The van der Waals surface area contributed by atoms with Gasteiger partial charge in [0.05, 0.1) is 18.0 Å². The zero-order valence-corrected chi connectivity index (χ0v) is 17.5. The molecule has 0 atom stereocenters. The lowest BCUT2D eigenvalue weighted by Crippen LogP contribution is -2.43. The summed E-state index contributed by atoms with van der Waals surface area (Å²) in [6.45, 7) is 0.741. The second kappa shape index (κ2) is 7.20. The Kier molecular flexibility index (Phi) is 4.32. The number of nitrogens with zero attached hydrogens (tertiary/aromatic N) is 3. The van der Waals surface area contributed by atoms with E-state index in [0.717, 1.165) is 42.0 Å². The van der Waals surface area contributed by atoms with E-state index >= 15 is 0 Å². The average molecular weight is 411 g/mol. The lowest BCUT2D eigenvalue weighted by Gasteiger charge is -2.38. The van der Waals surface area contributed by atoms with E-state index in [1.165, 1.54) is 24.8 Å². The number of aromatic nitrogens is 3. The van der Waals surface area contributed by atoms with Crippen molar-refractivity contribution in [1.29, 1.82) is 0 Å². The molecule has 0 amide bonds. The summed E-state index contributed by atoms with van der Waals surface area (Å²) in [6.07, 6.45) is 7.86. The van der Waals surface area contributed by atoms with Crippen molar-refractivity contribution in [3.05, 3.63) is 72.4 Å². The van der Waals surface area contributed by atoms with Crippen molar-refractivity contribution < 1.29 is 4.74 Å². The predicted molar refractivity (Wildman–Crippen MR) is 122 cm³/mol. The molecule has 31 heavy (non-hydrogen) atoms. The number of fused-ring (bicyclic) bond motifs is 1. The first-order valence-electron chi connectivity index (χ1n) is 11.2. The van der Waals surface area contributed by atoms with Gasteiger partial charge in [-0.3, -0.25) is 4.40 Å². The maximum atomic E-state index is 6.52. The number of hydrogen-bond donors (Lipinski definition) is 1. The van der Waals surface area contributed by atoms with Gasteiger partial charge in [0, 0.05) is 28.9 Å². The van der Waals surface area contributed by atoms with Gasteiger partial charge in [-0.15, -0.1) is 0 Å². The SMILES string of the molecule is NC1(c2ccc(-c3nc4nc(OCC5CC5)ccn4c3-c3ccccc3)cc2)CCC1. The summed E-state index contributed by atoms with van der Waals surface area (Å²) >= 11 is 0. The number of nitrogens with two attached hydrogens (primary N) is 1. The molecule has 2 heterocycles. The van der Waals surface area contributed by atoms with E-state index in [-0.39, 0.29) is 5.54 Å². The first kappa shape index (κ1) is 18.6. The Hall–Kier alpha value is -3.18. The van der Waals surface area contributed by atoms with E-state index < -0.39 is 0 Å². The molecule has 0 unspecified atom stereocenters. The minimum absolute atomic E-state index is 0.158. The van der Waals surface area contributed by atoms with E-state index in [1.54, 1.807) is 0 Å². The molecule has 6 rings (SSSR count). The fourth-order valence-electron chi connectivity index (χ4n) is 4.36. The molecule has 2 aliphatic rings. The summed E-state index contributed by atoms with van der Waals surface area (Å²) in [5.74, 6) is 1.98. The van der Waals surface area contributed by atoms with Crippen LogP contribution in [-0.4, -0.2) is 21.0 Å². The van der Waals surface area contributed by atoms with Crippen molar-refractivity contribution in [3.63, 3.8) is 0 Å². The van der Waals surface area contributed by atoms with Crippen LogP contribution >= 0.6 is 0 Å². The summed E-state index contributed by atoms with van der Waals surface area (Å²) in [5, 5.41) is 0. The van der Waals surface area contributed by atoms with Gasteiger partial charge in [-0.2, -0.15) is 4.98 Å². The largest absolute Gasteiger partial charge is 0.477 e. The topological polar surface area (TPSA) is 65.4 Å². The Morgan fingerprint density at radius 3 is 2.39 bits per heavy atom. The molecule has 2 aromatic carbocycles. The monoisotopic (exact) mass is 410 g/mol. The van der Waals surface area contributed by atoms with E-state index in [4.69, 9.17) is 20.4 Å². The molecule has 2 saturated carbocycles. The first-order chi connectivity index (χ1) is 15.2. The third-order valence-electron chi connectivity index (χ3n) is 6.66. The molecule has 0 aliphatic heterocycles. The predicted octanol–water partition coefficient (Wildman–Crippen LogP) is 5.19. The van der Waals surface area contributed by atoms with Gasteiger partial charge in [0.1, 0.15) is 0 Å². The molecule has 2 aliphatic carbocycles.